The third-order valence-corrected chi connectivity index (χ3v) is 7.70. The van der Waals surface area contributed by atoms with Crippen LogP contribution >= 0.6 is 0 Å². The number of fused-ring (bicyclic) bond motifs is 1. The minimum Gasteiger partial charge on any atom is -0.691 e. The molecule has 38 heavy (non-hydrogen) atoms. The Bertz CT molecular complexity index is 1700. The van der Waals surface area contributed by atoms with Gasteiger partial charge in [0.25, 0.3) is 5.89 Å². The molecular formula is C20H15F6N7O4S. The summed E-state index contributed by atoms with van der Waals surface area (Å²) in [5, 5.41) is 18.8. The Hall–Kier alpha value is -3.83. The van der Waals surface area contributed by atoms with E-state index in [9.17, 15) is 40.0 Å². The third kappa shape index (κ3) is 3.93. The van der Waals surface area contributed by atoms with Gasteiger partial charge in [0.2, 0.25) is 11.6 Å². The van der Waals surface area contributed by atoms with Gasteiger partial charge < -0.3 is 9.73 Å². The molecule has 0 atom stereocenters. The Labute approximate surface area is 208 Å². The van der Waals surface area contributed by atoms with Gasteiger partial charge in [-0.05, 0) is 18.9 Å². The summed E-state index contributed by atoms with van der Waals surface area (Å²) in [5.74, 6) is -6.64. The van der Waals surface area contributed by atoms with E-state index in [0.29, 0.717) is 0 Å². The van der Waals surface area contributed by atoms with E-state index in [0.717, 1.165) is 16.8 Å². The zero-order valence-corrected chi connectivity index (χ0v) is 20.1. The molecule has 5 rings (SSSR count). The lowest BCUT2D eigenvalue weighted by atomic mass is 10.2. The van der Waals surface area contributed by atoms with E-state index in [1.807, 2.05) is 0 Å². The summed E-state index contributed by atoms with van der Waals surface area (Å²) < 4.78 is 112. The molecule has 1 saturated carbocycles. The van der Waals surface area contributed by atoms with Crippen LogP contribution < -0.4 is 4.85 Å². The van der Waals surface area contributed by atoms with Gasteiger partial charge in [-0.3, -0.25) is 0 Å². The Morgan fingerprint density at radius 2 is 1.87 bits per heavy atom. The van der Waals surface area contributed by atoms with Crippen LogP contribution in [-0.4, -0.2) is 50.1 Å². The first-order valence-corrected chi connectivity index (χ1v) is 12.4. The molecule has 0 unspecified atom stereocenters. The summed E-state index contributed by atoms with van der Waals surface area (Å²) in [6, 6.07) is 1.40. The number of imidazole rings is 1. The van der Waals surface area contributed by atoms with Crippen molar-refractivity contribution in [3.05, 3.63) is 35.1 Å². The van der Waals surface area contributed by atoms with E-state index in [-0.39, 0.29) is 47.7 Å². The summed E-state index contributed by atoms with van der Waals surface area (Å²) in [5.41, 5.74) is -5.09. The Morgan fingerprint density at radius 3 is 2.47 bits per heavy atom. The first-order chi connectivity index (χ1) is 17.6. The number of pyridine rings is 1. The van der Waals surface area contributed by atoms with Gasteiger partial charge in [0.15, 0.2) is 26.7 Å². The van der Waals surface area contributed by atoms with E-state index >= 15 is 0 Å². The number of hydrogen-bond donors (Lipinski definition) is 0. The Kier molecular flexibility index (Phi) is 5.49. The normalized spacial score (nSPS) is 15.8. The molecule has 4 aromatic rings. The van der Waals surface area contributed by atoms with Gasteiger partial charge in [0.05, 0.1) is 17.7 Å². The minimum absolute atomic E-state index is 0.0338. The molecule has 202 valence electrons. The highest BCUT2D eigenvalue weighted by Gasteiger charge is 2.61. The number of aromatic nitrogens is 7. The summed E-state index contributed by atoms with van der Waals surface area (Å²) >= 11 is 0. The molecular weight excluding hydrogens is 548 g/mol. The van der Waals surface area contributed by atoms with Crippen molar-refractivity contribution < 1.29 is 44.1 Å². The van der Waals surface area contributed by atoms with Gasteiger partial charge in [-0.1, -0.05) is 17.2 Å². The van der Waals surface area contributed by atoms with Gasteiger partial charge in [-0.25, -0.2) is 22.4 Å². The van der Waals surface area contributed by atoms with E-state index in [2.05, 4.69) is 25.2 Å². The molecule has 1 aliphatic carbocycles. The van der Waals surface area contributed by atoms with Crippen molar-refractivity contribution in [2.45, 2.75) is 42.4 Å². The lowest BCUT2D eigenvalue weighted by molar-refractivity contribution is -0.647. The fourth-order valence-corrected chi connectivity index (χ4v) is 4.68. The van der Waals surface area contributed by atoms with Crippen molar-refractivity contribution in [2.75, 3.05) is 5.75 Å². The van der Waals surface area contributed by atoms with Crippen LogP contribution in [0.3, 0.4) is 0 Å². The third-order valence-electron chi connectivity index (χ3n) is 5.96. The number of halogens is 6. The first kappa shape index (κ1) is 25.8. The van der Waals surface area contributed by atoms with Crippen LogP contribution in [0.2, 0.25) is 0 Å². The molecule has 0 saturated heterocycles. The fourth-order valence-electron chi connectivity index (χ4n) is 3.62. The number of sulfone groups is 1. The lowest BCUT2D eigenvalue weighted by Crippen LogP contribution is -2.41. The highest BCUT2D eigenvalue weighted by molar-refractivity contribution is 7.91. The molecule has 0 aliphatic heterocycles. The summed E-state index contributed by atoms with van der Waals surface area (Å²) in [6.07, 6.45) is -4.53. The monoisotopic (exact) mass is 563 g/mol. The topological polar surface area (TPSA) is 144 Å². The summed E-state index contributed by atoms with van der Waals surface area (Å²) in [6.45, 7) is 1.33. The van der Waals surface area contributed by atoms with Crippen LogP contribution in [0.15, 0.2) is 27.7 Å². The highest BCUT2D eigenvalue weighted by atomic mass is 32.2. The SMILES string of the molecule is CCS(=O)(=O)c1cc(-c2noc(C3(F)CC3)n2)cnc1-c1nc2cc(C(F)(F)C(F)(F)F)n[n+]([O-])c2n1C. The first-order valence-electron chi connectivity index (χ1n) is 10.8. The van der Waals surface area contributed by atoms with Crippen LogP contribution in [0.1, 0.15) is 31.4 Å². The Balaban J connectivity index is 1.68. The molecule has 0 aromatic carbocycles. The van der Waals surface area contributed by atoms with Crippen molar-refractivity contribution >= 4 is 21.0 Å². The quantitative estimate of drug-likeness (QED) is 0.196. The van der Waals surface area contributed by atoms with Gasteiger partial charge in [-0.15, -0.1) is 4.85 Å². The van der Waals surface area contributed by atoms with E-state index in [1.54, 1.807) is 0 Å². The van der Waals surface area contributed by atoms with Crippen LogP contribution in [-0.2, 0) is 28.5 Å². The number of nitrogens with zero attached hydrogens (tertiary/aromatic N) is 7. The largest absolute Gasteiger partial charge is 0.691 e. The molecule has 4 aromatic heterocycles. The second kappa shape index (κ2) is 8.08. The average Bonchev–Trinajstić information content (AvgIpc) is 3.26. The molecule has 0 amide bonds. The predicted molar refractivity (Wildman–Crippen MR) is 114 cm³/mol. The van der Waals surface area contributed by atoms with Gasteiger partial charge in [0, 0.05) is 17.8 Å². The fraction of sp³-hybridized carbons (Fsp3) is 0.400. The van der Waals surface area contributed by atoms with E-state index < -0.39 is 60.0 Å². The zero-order valence-electron chi connectivity index (χ0n) is 19.3. The maximum Gasteiger partial charge on any atom is 0.459 e. The molecule has 0 bridgehead atoms. The summed E-state index contributed by atoms with van der Waals surface area (Å²) in [4.78, 5) is 11.1. The molecule has 0 radical (unpaired) electrons. The van der Waals surface area contributed by atoms with Crippen LogP contribution in [0.25, 0.3) is 34.1 Å². The number of alkyl halides is 6. The Morgan fingerprint density at radius 1 is 1.18 bits per heavy atom. The summed E-state index contributed by atoms with van der Waals surface area (Å²) in [7, 11) is -2.88. The lowest BCUT2D eigenvalue weighted by Gasteiger charge is -2.18. The van der Waals surface area contributed by atoms with Crippen molar-refractivity contribution in [1.29, 1.82) is 0 Å². The number of hydrogen-bond acceptors (Lipinski definition) is 9. The van der Waals surface area contributed by atoms with Gasteiger partial charge in [-0.2, -0.15) is 31.9 Å². The van der Waals surface area contributed by atoms with Crippen LogP contribution in [0, 0.1) is 5.21 Å². The molecule has 1 aliphatic rings. The smallest absolute Gasteiger partial charge is 0.459 e. The average molecular weight is 563 g/mol. The van der Waals surface area contributed by atoms with Gasteiger partial charge >= 0.3 is 17.7 Å². The zero-order chi connectivity index (χ0) is 27.8. The van der Waals surface area contributed by atoms with Crippen LogP contribution in [0.4, 0.5) is 26.3 Å². The van der Waals surface area contributed by atoms with Crippen molar-refractivity contribution in [3.8, 4) is 22.9 Å². The van der Waals surface area contributed by atoms with Crippen molar-refractivity contribution in [1.82, 2.24) is 29.8 Å². The standard InChI is InChI=1S/C20H15F6N7O4S/c1-3-38(35,36)11-6-9(14-29-17(37-31-14)18(21)4-5-18)8-27-13(11)15-28-10-7-12(19(22,23)20(24,25)26)30-33(34)16(10)32(15)2/h6-8H,3-5H2,1-2H3. The maximum atomic E-state index is 14.3. The highest BCUT2D eigenvalue weighted by Crippen LogP contribution is 2.49. The van der Waals surface area contributed by atoms with Crippen LogP contribution in [0.5, 0.6) is 0 Å². The predicted octanol–water partition coefficient (Wildman–Crippen LogP) is 3.12. The second-order valence-electron chi connectivity index (χ2n) is 8.54. The molecule has 4 heterocycles. The minimum atomic E-state index is -6.03. The molecule has 0 spiro atoms. The van der Waals surface area contributed by atoms with Gasteiger partial charge in [0.1, 0.15) is 5.69 Å². The van der Waals surface area contributed by atoms with Crippen molar-refractivity contribution in [2.24, 2.45) is 7.05 Å². The maximum absolute atomic E-state index is 14.3. The molecule has 11 nitrogen and oxygen atoms in total. The number of aryl methyl sites for hydroxylation is 1. The van der Waals surface area contributed by atoms with E-state index in [1.165, 1.54) is 14.0 Å². The molecule has 18 heteroatoms. The molecule has 0 N–H and O–H groups in total. The molecule has 1 fully saturated rings. The second-order valence-corrected chi connectivity index (χ2v) is 10.8. The van der Waals surface area contributed by atoms with E-state index in [4.69, 9.17) is 4.52 Å². The van der Waals surface area contributed by atoms with Crippen molar-refractivity contribution in [3.63, 3.8) is 0 Å². The number of rotatable bonds is 6.